The molecule has 0 aromatic heterocycles. The number of carbonyl (C=O) groups is 1. The fourth-order valence-corrected chi connectivity index (χ4v) is 3.15. The Kier molecular flexibility index (Phi) is 5.42. The number of anilines is 3. The molecule has 0 aliphatic carbocycles. The monoisotopic (exact) mass is 371 g/mol. The number of carbonyl (C=O) groups excluding carboxylic acids is 1. The van der Waals surface area contributed by atoms with Crippen LogP contribution in [0.1, 0.15) is 20.8 Å². The maximum Gasteiger partial charge on any atom is 0.229 e. The van der Waals surface area contributed by atoms with Crippen LogP contribution in [0.4, 0.5) is 17.1 Å². The molecule has 0 atom stereocenters. The number of halogens is 1. The summed E-state index contributed by atoms with van der Waals surface area (Å²) in [5.41, 5.74) is 2.81. The molecule has 138 valence electrons. The third-order valence-corrected chi connectivity index (χ3v) is 4.86. The minimum atomic E-state index is -0.394. The molecule has 0 saturated carbocycles. The van der Waals surface area contributed by atoms with E-state index in [0.717, 1.165) is 36.9 Å². The van der Waals surface area contributed by atoms with Gasteiger partial charge in [0.1, 0.15) is 0 Å². The van der Waals surface area contributed by atoms with Crippen LogP contribution in [0.2, 0.25) is 5.02 Å². The smallest absolute Gasteiger partial charge is 0.229 e. The molecular weight excluding hydrogens is 346 g/mol. The van der Waals surface area contributed by atoms with E-state index in [1.165, 1.54) is 11.4 Å². The molecule has 0 bridgehead atoms. The highest BCUT2D eigenvalue weighted by molar-refractivity contribution is 6.30. The molecule has 2 aromatic rings. The van der Waals surface area contributed by atoms with Crippen molar-refractivity contribution in [3.05, 3.63) is 53.6 Å². The fraction of sp³-hybridized carbons (Fsp3) is 0.381. The van der Waals surface area contributed by atoms with Gasteiger partial charge in [-0.3, -0.25) is 4.79 Å². The van der Waals surface area contributed by atoms with E-state index in [1.54, 1.807) is 0 Å². The highest BCUT2D eigenvalue weighted by atomic mass is 35.5. The minimum Gasteiger partial charge on any atom is -0.368 e. The van der Waals surface area contributed by atoms with Crippen molar-refractivity contribution in [1.82, 2.24) is 0 Å². The van der Waals surface area contributed by atoms with Crippen LogP contribution in [0.3, 0.4) is 0 Å². The lowest BCUT2D eigenvalue weighted by Crippen LogP contribution is -2.46. The molecule has 1 heterocycles. The van der Waals surface area contributed by atoms with Crippen molar-refractivity contribution < 1.29 is 4.79 Å². The van der Waals surface area contributed by atoms with Gasteiger partial charge in [0.05, 0.1) is 0 Å². The lowest BCUT2D eigenvalue weighted by atomic mass is 9.95. The van der Waals surface area contributed by atoms with Gasteiger partial charge >= 0.3 is 0 Å². The summed E-state index contributed by atoms with van der Waals surface area (Å²) in [7, 11) is 0. The Hall–Kier alpha value is -2.20. The standard InChI is InChI=1S/C21H26ClN3O/c1-21(2,3)20(26)23-17-7-9-18(10-8-17)24-11-13-25(14-12-24)19-6-4-5-16(22)15-19/h4-10,15H,11-14H2,1-3H3,(H,23,26). The van der Waals surface area contributed by atoms with Gasteiger partial charge in [0, 0.05) is 53.7 Å². The van der Waals surface area contributed by atoms with E-state index >= 15 is 0 Å². The molecule has 3 rings (SSSR count). The molecule has 1 aliphatic heterocycles. The maximum atomic E-state index is 12.1. The predicted octanol–water partition coefficient (Wildman–Crippen LogP) is 4.65. The SMILES string of the molecule is CC(C)(C)C(=O)Nc1ccc(N2CCN(c3cccc(Cl)c3)CC2)cc1. The predicted molar refractivity (Wildman–Crippen MR) is 110 cm³/mol. The minimum absolute atomic E-state index is 0.0281. The Morgan fingerprint density at radius 1 is 0.923 bits per heavy atom. The van der Waals surface area contributed by atoms with Gasteiger partial charge in [-0.25, -0.2) is 0 Å². The summed E-state index contributed by atoms with van der Waals surface area (Å²) in [5, 5.41) is 3.74. The molecule has 0 spiro atoms. The second-order valence-corrected chi connectivity index (χ2v) is 8.14. The van der Waals surface area contributed by atoms with Crippen LogP contribution in [0, 0.1) is 5.41 Å². The molecular formula is C21H26ClN3O. The highest BCUT2D eigenvalue weighted by Gasteiger charge is 2.21. The van der Waals surface area contributed by atoms with E-state index in [2.05, 4.69) is 33.3 Å². The van der Waals surface area contributed by atoms with E-state index < -0.39 is 5.41 Å². The van der Waals surface area contributed by atoms with E-state index in [4.69, 9.17) is 11.6 Å². The second kappa shape index (κ2) is 7.58. The lowest BCUT2D eigenvalue weighted by molar-refractivity contribution is -0.123. The first kappa shape index (κ1) is 18.6. The number of hydrogen-bond acceptors (Lipinski definition) is 3. The van der Waals surface area contributed by atoms with Gasteiger partial charge in [-0.2, -0.15) is 0 Å². The summed E-state index contributed by atoms with van der Waals surface area (Å²) in [6, 6.07) is 16.1. The molecule has 2 aromatic carbocycles. The lowest BCUT2D eigenvalue weighted by Gasteiger charge is -2.37. The first-order valence-electron chi connectivity index (χ1n) is 9.00. The molecule has 0 unspecified atom stereocenters. The normalized spacial score (nSPS) is 15.1. The van der Waals surface area contributed by atoms with Gasteiger partial charge in [-0.05, 0) is 42.5 Å². The molecule has 4 nitrogen and oxygen atoms in total. The topological polar surface area (TPSA) is 35.6 Å². The average molecular weight is 372 g/mol. The largest absolute Gasteiger partial charge is 0.368 e. The summed E-state index contributed by atoms with van der Waals surface area (Å²) in [4.78, 5) is 16.8. The third-order valence-electron chi connectivity index (χ3n) is 4.62. The number of benzene rings is 2. The molecule has 1 saturated heterocycles. The van der Waals surface area contributed by atoms with Crippen LogP contribution in [0.5, 0.6) is 0 Å². The Morgan fingerprint density at radius 3 is 2.04 bits per heavy atom. The molecule has 1 amide bonds. The van der Waals surface area contributed by atoms with Gasteiger partial charge in [0.15, 0.2) is 0 Å². The number of nitrogens with one attached hydrogen (secondary N) is 1. The van der Waals surface area contributed by atoms with E-state index in [0.29, 0.717) is 0 Å². The van der Waals surface area contributed by atoms with Crippen LogP contribution in [-0.2, 0) is 4.79 Å². The number of rotatable bonds is 3. The summed E-state index contributed by atoms with van der Waals surface area (Å²) < 4.78 is 0. The fourth-order valence-electron chi connectivity index (χ4n) is 2.97. The van der Waals surface area contributed by atoms with Gasteiger partial charge in [-0.15, -0.1) is 0 Å². The molecule has 5 heteroatoms. The summed E-state index contributed by atoms with van der Waals surface area (Å²) >= 11 is 6.10. The maximum absolute atomic E-state index is 12.1. The van der Waals surface area contributed by atoms with Crippen molar-refractivity contribution in [2.24, 2.45) is 5.41 Å². The van der Waals surface area contributed by atoms with Gasteiger partial charge in [0.25, 0.3) is 0 Å². The van der Waals surface area contributed by atoms with Gasteiger partial charge in [0.2, 0.25) is 5.91 Å². The zero-order valence-corrected chi connectivity index (χ0v) is 16.4. The van der Waals surface area contributed by atoms with Crippen LogP contribution in [-0.4, -0.2) is 32.1 Å². The number of amides is 1. The van der Waals surface area contributed by atoms with Crippen LogP contribution in [0.15, 0.2) is 48.5 Å². The molecule has 1 N–H and O–H groups in total. The first-order chi connectivity index (χ1) is 12.3. The van der Waals surface area contributed by atoms with Crippen molar-refractivity contribution in [2.45, 2.75) is 20.8 Å². The van der Waals surface area contributed by atoms with Gasteiger partial charge < -0.3 is 15.1 Å². The number of hydrogen-bond donors (Lipinski definition) is 1. The Bertz CT molecular complexity index is 760. The van der Waals surface area contributed by atoms with Crippen LogP contribution >= 0.6 is 11.6 Å². The summed E-state index contributed by atoms with van der Waals surface area (Å²) in [6.07, 6.45) is 0. The Balaban J connectivity index is 1.59. The Morgan fingerprint density at radius 2 is 1.50 bits per heavy atom. The number of nitrogens with zero attached hydrogens (tertiary/aromatic N) is 2. The van der Waals surface area contributed by atoms with Crippen LogP contribution in [0.25, 0.3) is 0 Å². The molecule has 26 heavy (non-hydrogen) atoms. The van der Waals surface area contributed by atoms with Gasteiger partial charge in [-0.1, -0.05) is 38.4 Å². The van der Waals surface area contributed by atoms with Crippen molar-refractivity contribution in [1.29, 1.82) is 0 Å². The molecule has 1 aliphatic rings. The third kappa shape index (κ3) is 4.50. The quantitative estimate of drug-likeness (QED) is 0.852. The Labute approximate surface area is 160 Å². The first-order valence-corrected chi connectivity index (χ1v) is 9.38. The zero-order chi connectivity index (χ0) is 18.7. The molecule has 0 radical (unpaired) electrons. The van der Waals surface area contributed by atoms with Crippen molar-refractivity contribution in [3.63, 3.8) is 0 Å². The van der Waals surface area contributed by atoms with Crippen molar-refractivity contribution in [3.8, 4) is 0 Å². The average Bonchev–Trinajstić information content (AvgIpc) is 2.62. The molecule has 1 fully saturated rings. The van der Waals surface area contributed by atoms with Crippen LogP contribution < -0.4 is 15.1 Å². The van der Waals surface area contributed by atoms with E-state index in [1.807, 2.05) is 51.1 Å². The van der Waals surface area contributed by atoms with E-state index in [-0.39, 0.29) is 5.91 Å². The van der Waals surface area contributed by atoms with Crippen molar-refractivity contribution >= 4 is 34.6 Å². The second-order valence-electron chi connectivity index (χ2n) is 7.70. The number of piperazine rings is 1. The van der Waals surface area contributed by atoms with Crippen molar-refractivity contribution in [2.75, 3.05) is 41.3 Å². The zero-order valence-electron chi connectivity index (χ0n) is 15.6. The summed E-state index contributed by atoms with van der Waals surface area (Å²) in [6.45, 7) is 9.58. The van der Waals surface area contributed by atoms with E-state index in [9.17, 15) is 4.79 Å². The highest BCUT2D eigenvalue weighted by Crippen LogP contribution is 2.24. The summed E-state index contributed by atoms with van der Waals surface area (Å²) in [5.74, 6) is 0.0281.